The first kappa shape index (κ1) is 26.2. The molecule has 1 aliphatic carbocycles. The zero-order valence-corrected chi connectivity index (χ0v) is 22.3. The maximum Gasteiger partial charge on any atom is 0.126 e. The molecule has 0 aromatic carbocycles. The lowest BCUT2D eigenvalue weighted by Gasteiger charge is -2.42. The van der Waals surface area contributed by atoms with Crippen LogP contribution in [0.15, 0.2) is 30.5 Å². The number of nitrogens with one attached hydrogen (secondary N) is 2. The molecular weight excluding hydrogens is 488 g/mol. The van der Waals surface area contributed by atoms with Crippen molar-refractivity contribution in [2.75, 3.05) is 43.5 Å². The Labute approximate surface area is 224 Å². The van der Waals surface area contributed by atoms with E-state index in [9.17, 15) is 5.26 Å². The molecule has 4 heterocycles. The fraction of sp³-hybridized carbons (Fsp3) is 0.607. The molecule has 2 aliphatic heterocycles. The summed E-state index contributed by atoms with van der Waals surface area (Å²) in [6.07, 6.45) is 7.93. The number of nitriles is 1. The van der Waals surface area contributed by atoms with Crippen molar-refractivity contribution < 1.29 is 9.47 Å². The lowest BCUT2D eigenvalue weighted by atomic mass is 9.89. The van der Waals surface area contributed by atoms with E-state index in [1.807, 2.05) is 24.3 Å². The molecule has 2 saturated heterocycles. The van der Waals surface area contributed by atoms with E-state index in [2.05, 4.69) is 33.5 Å². The predicted octanol–water partition coefficient (Wildman–Crippen LogP) is 4.97. The van der Waals surface area contributed by atoms with Gasteiger partial charge in [-0.25, -0.2) is 9.97 Å². The van der Waals surface area contributed by atoms with Crippen LogP contribution in [0.1, 0.15) is 45.4 Å². The lowest BCUT2D eigenvalue weighted by molar-refractivity contribution is -0.0296. The number of hydrogen-bond acceptors (Lipinski definition) is 8. The highest BCUT2D eigenvalue weighted by Gasteiger charge is 2.30. The maximum absolute atomic E-state index is 9.22. The van der Waals surface area contributed by atoms with E-state index >= 15 is 0 Å². The Morgan fingerprint density at radius 1 is 1.16 bits per heavy atom. The van der Waals surface area contributed by atoms with Crippen molar-refractivity contribution in [1.82, 2.24) is 14.9 Å². The molecule has 2 unspecified atom stereocenters. The number of hydrogen-bond donors (Lipinski definition) is 2. The highest BCUT2D eigenvalue weighted by atomic mass is 35.5. The number of halogens is 1. The first-order chi connectivity index (χ1) is 18.1. The van der Waals surface area contributed by atoms with E-state index in [0.29, 0.717) is 36.3 Å². The van der Waals surface area contributed by atoms with Crippen LogP contribution in [0.2, 0.25) is 5.02 Å². The summed E-state index contributed by atoms with van der Waals surface area (Å²) in [5, 5.41) is 16.8. The number of pyridine rings is 2. The SMILES string of the molecule is C[C@H]1COCCN1C1CCC(Nc2cc(-c3cccc(NCC4CC(C#N)CCO4)n3)c(Cl)cn2)CC1. The summed E-state index contributed by atoms with van der Waals surface area (Å²) >= 11 is 6.56. The van der Waals surface area contributed by atoms with Crippen LogP contribution in [0, 0.1) is 17.2 Å². The van der Waals surface area contributed by atoms with Crippen molar-refractivity contribution in [1.29, 1.82) is 5.26 Å². The van der Waals surface area contributed by atoms with Gasteiger partial charge in [-0.1, -0.05) is 17.7 Å². The van der Waals surface area contributed by atoms with Gasteiger partial charge in [-0.2, -0.15) is 5.26 Å². The molecule has 9 heteroatoms. The minimum Gasteiger partial charge on any atom is -0.379 e. The van der Waals surface area contributed by atoms with E-state index in [-0.39, 0.29) is 12.0 Å². The van der Waals surface area contributed by atoms with E-state index < -0.39 is 0 Å². The van der Waals surface area contributed by atoms with Gasteiger partial charge in [-0.15, -0.1) is 0 Å². The highest BCUT2D eigenvalue weighted by Crippen LogP contribution is 2.31. The number of aromatic nitrogens is 2. The van der Waals surface area contributed by atoms with Gasteiger partial charge in [0.15, 0.2) is 0 Å². The predicted molar refractivity (Wildman–Crippen MR) is 146 cm³/mol. The van der Waals surface area contributed by atoms with Crippen molar-refractivity contribution in [3.63, 3.8) is 0 Å². The largest absolute Gasteiger partial charge is 0.379 e. The van der Waals surface area contributed by atoms with E-state index in [4.69, 9.17) is 26.1 Å². The molecule has 3 fully saturated rings. The van der Waals surface area contributed by atoms with Crippen LogP contribution in [0.4, 0.5) is 11.6 Å². The van der Waals surface area contributed by atoms with Crippen LogP contribution in [-0.4, -0.2) is 72.0 Å². The van der Waals surface area contributed by atoms with Gasteiger partial charge in [0.05, 0.1) is 42.0 Å². The number of anilines is 2. The molecule has 0 spiro atoms. The average molecular weight is 525 g/mol. The van der Waals surface area contributed by atoms with Crippen LogP contribution in [-0.2, 0) is 9.47 Å². The topological polar surface area (TPSA) is 95.3 Å². The third kappa shape index (κ3) is 6.71. The fourth-order valence-electron chi connectivity index (χ4n) is 5.80. The van der Waals surface area contributed by atoms with Crippen LogP contribution in [0.5, 0.6) is 0 Å². The van der Waals surface area contributed by atoms with Gasteiger partial charge in [0, 0.05) is 49.6 Å². The van der Waals surface area contributed by atoms with Crippen molar-refractivity contribution in [3.05, 3.63) is 35.5 Å². The molecule has 0 bridgehead atoms. The Balaban J connectivity index is 1.19. The Kier molecular flexibility index (Phi) is 8.78. The van der Waals surface area contributed by atoms with E-state index in [1.54, 1.807) is 6.20 Å². The lowest BCUT2D eigenvalue weighted by Crippen LogP contribution is -2.51. The standard InChI is InChI=1S/C28H37ClN6O2/c1-19-18-36-12-10-35(19)22-7-5-21(6-8-22)33-28-14-24(25(29)17-32-28)26-3-2-4-27(34-26)31-16-23-13-20(15-30)9-11-37-23/h2-4,14,17,19-23H,5-13,16,18H2,1H3,(H,31,34)(H,32,33)/t19-,20?,21?,22?,23?/m0/s1. The number of ether oxygens (including phenoxy) is 2. The summed E-state index contributed by atoms with van der Waals surface area (Å²) in [5.41, 5.74) is 1.65. The average Bonchev–Trinajstić information content (AvgIpc) is 2.94. The molecule has 198 valence electrons. The molecule has 3 atom stereocenters. The summed E-state index contributed by atoms with van der Waals surface area (Å²) in [6, 6.07) is 11.8. The van der Waals surface area contributed by atoms with E-state index in [0.717, 1.165) is 68.3 Å². The molecule has 8 nitrogen and oxygen atoms in total. The minimum absolute atomic E-state index is 0.0192. The fourth-order valence-corrected chi connectivity index (χ4v) is 6.00. The van der Waals surface area contributed by atoms with Gasteiger partial charge in [0.25, 0.3) is 0 Å². The summed E-state index contributed by atoms with van der Waals surface area (Å²) < 4.78 is 11.4. The molecule has 0 radical (unpaired) electrons. The molecule has 2 aromatic heterocycles. The first-order valence-corrected chi connectivity index (χ1v) is 13.9. The van der Waals surface area contributed by atoms with Crippen LogP contribution in [0.25, 0.3) is 11.3 Å². The van der Waals surface area contributed by atoms with Crippen LogP contribution < -0.4 is 10.6 Å². The summed E-state index contributed by atoms with van der Waals surface area (Å²) in [4.78, 5) is 12.0. The molecule has 2 aromatic rings. The van der Waals surface area contributed by atoms with Gasteiger partial charge >= 0.3 is 0 Å². The summed E-state index contributed by atoms with van der Waals surface area (Å²) in [6.45, 7) is 6.26. The first-order valence-electron chi connectivity index (χ1n) is 13.6. The number of morpholine rings is 1. The van der Waals surface area contributed by atoms with Gasteiger partial charge in [-0.3, -0.25) is 4.90 Å². The zero-order valence-electron chi connectivity index (χ0n) is 21.5. The molecule has 37 heavy (non-hydrogen) atoms. The molecule has 1 saturated carbocycles. The second-order valence-electron chi connectivity index (χ2n) is 10.5. The maximum atomic E-state index is 9.22. The zero-order chi connectivity index (χ0) is 25.6. The van der Waals surface area contributed by atoms with Gasteiger partial charge in [-0.05, 0) is 63.6 Å². The third-order valence-electron chi connectivity index (χ3n) is 7.88. The normalized spacial score (nSPS) is 28.8. The van der Waals surface area contributed by atoms with Crippen molar-refractivity contribution in [3.8, 4) is 17.3 Å². The Hall–Kier alpha value is -2.44. The minimum atomic E-state index is 0.0192. The Morgan fingerprint density at radius 2 is 2.03 bits per heavy atom. The molecule has 3 aliphatic rings. The summed E-state index contributed by atoms with van der Waals surface area (Å²) in [7, 11) is 0. The molecule has 5 rings (SSSR count). The molecule has 2 N–H and O–H groups in total. The van der Waals surface area contributed by atoms with Gasteiger partial charge in [0.1, 0.15) is 11.6 Å². The van der Waals surface area contributed by atoms with Crippen molar-refractivity contribution in [2.24, 2.45) is 5.92 Å². The Bertz CT molecular complexity index is 1090. The van der Waals surface area contributed by atoms with Crippen LogP contribution >= 0.6 is 11.6 Å². The van der Waals surface area contributed by atoms with Crippen molar-refractivity contribution in [2.45, 2.75) is 69.7 Å². The van der Waals surface area contributed by atoms with Crippen LogP contribution in [0.3, 0.4) is 0 Å². The van der Waals surface area contributed by atoms with Gasteiger partial charge in [0.2, 0.25) is 0 Å². The highest BCUT2D eigenvalue weighted by molar-refractivity contribution is 6.33. The number of rotatable bonds is 7. The van der Waals surface area contributed by atoms with Gasteiger partial charge < -0.3 is 20.1 Å². The van der Waals surface area contributed by atoms with E-state index in [1.165, 1.54) is 12.8 Å². The number of nitrogens with zero attached hydrogens (tertiary/aromatic N) is 4. The Morgan fingerprint density at radius 3 is 2.84 bits per heavy atom. The summed E-state index contributed by atoms with van der Waals surface area (Å²) in [5.74, 6) is 1.67. The molecule has 0 amide bonds. The van der Waals surface area contributed by atoms with Crippen molar-refractivity contribution >= 4 is 23.2 Å². The molecular formula is C28H37ClN6O2. The quantitative estimate of drug-likeness (QED) is 0.524. The smallest absolute Gasteiger partial charge is 0.126 e. The second kappa shape index (κ2) is 12.4. The third-order valence-corrected chi connectivity index (χ3v) is 8.18. The monoisotopic (exact) mass is 524 g/mol. The second-order valence-corrected chi connectivity index (χ2v) is 10.9.